The van der Waals surface area contributed by atoms with Gasteiger partial charge in [0.1, 0.15) is 12.5 Å². The third-order valence-corrected chi connectivity index (χ3v) is 7.38. The largest absolute Gasteiger partial charge is 0.465 e. The first-order valence-electron chi connectivity index (χ1n) is 10.5. The minimum Gasteiger partial charge on any atom is -0.465 e. The van der Waals surface area contributed by atoms with Crippen molar-refractivity contribution in [2.75, 3.05) is 37.7 Å². The van der Waals surface area contributed by atoms with Crippen molar-refractivity contribution < 1.29 is 14.6 Å². The Hall–Kier alpha value is -2.32. The summed E-state index contributed by atoms with van der Waals surface area (Å²) in [6, 6.07) is 1.14. The topological polar surface area (TPSA) is 70.8 Å². The summed E-state index contributed by atoms with van der Waals surface area (Å²) < 4.78 is 8.11. The van der Waals surface area contributed by atoms with Gasteiger partial charge in [-0.05, 0) is 25.5 Å². The predicted molar refractivity (Wildman–Crippen MR) is 125 cm³/mol. The molecule has 3 heterocycles. The number of anilines is 1. The minimum atomic E-state index is -1.12. The van der Waals surface area contributed by atoms with Crippen molar-refractivity contribution in [1.29, 1.82) is 0 Å². The Morgan fingerprint density at radius 3 is 2.50 bits per heavy atom. The number of allylic oxidation sites excluding steroid dienone is 1. The first kappa shape index (κ1) is 22.4. The van der Waals surface area contributed by atoms with Gasteiger partial charge in [0.15, 0.2) is 0 Å². The van der Waals surface area contributed by atoms with Gasteiger partial charge in [0.05, 0.1) is 11.7 Å². The van der Waals surface area contributed by atoms with Crippen LogP contribution in [0, 0.1) is 6.92 Å². The second kappa shape index (κ2) is 8.81. The van der Waals surface area contributed by atoms with E-state index < -0.39 is 14.2 Å². The fraction of sp³-hybridized carbons (Fsp3) is 0.545. The highest BCUT2D eigenvalue weighted by atomic mass is 28.3. The summed E-state index contributed by atoms with van der Waals surface area (Å²) in [5.41, 5.74) is 4.28. The summed E-state index contributed by atoms with van der Waals surface area (Å²) in [6.45, 7) is 18.9. The summed E-state index contributed by atoms with van der Waals surface area (Å²) in [4.78, 5) is 19.6. The third kappa shape index (κ3) is 4.87. The number of carboxylic acid groups (broad SMARTS) is 1. The highest BCUT2D eigenvalue weighted by Crippen LogP contribution is 2.33. The van der Waals surface area contributed by atoms with E-state index >= 15 is 0 Å². The van der Waals surface area contributed by atoms with Gasteiger partial charge in [0.25, 0.3) is 0 Å². The number of piperazine rings is 1. The lowest BCUT2D eigenvalue weighted by molar-refractivity contribution is 0.0902. The standard InChI is InChI=1S/C22H34N4O3Si/c1-16(2)18-14-26(15-29-11-12-30(4,5)6)19-13-23-21(17(3)20(18)19)24-7-9-25(10-8-24)22(27)28/h13-14H,1,7-12,15H2,2-6H3,(H,27,28). The van der Waals surface area contributed by atoms with Crippen molar-refractivity contribution in [3.05, 3.63) is 30.1 Å². The zero-order valence-electron chi connectivity index (χ0n) is 18.9. The van der Waals surface area contributed by atoms with Crippen LogP contribution in [0.4, 0.5) is 10.6 Å². The Bertz CT molecular complexity index is 940. The van der Waals surface area contributed by atoms with Gasteiger partial charge >= 0.3 is 6.09 Å². The van der Waals surface area contributed by atoms with Crippen LogP contribution in [0.1, 0.15) is 18.1 Å². The second-order valence-electron chi connectivity index (χ2n) is 9.36. The molecule has 0 radical (unpaired) electrons. The second-order valence-corrected chi connectivity index (χ2v) is 15.0. The van der Waals surface area contributed by atoms with Crippen LogP contribution in [0.3, 0.4) is 0 Å². The smallest absolute Gasteiger partial charge is 0.407 e. The van der Waals surface area contributed by atoms with Crippen LogP contribution < -0.4 is 4.90 Å². The van der Waals surface area contributed by atoms with E-state index in [4.69, 9.17) is 9.72 Å². The Morgan fingerprint density at radius 2 is 1.93 bits per heavy atom. The van der Waals surface area contributed by atoms with Gasteiger partial charge < -0.3 is 24.2 Å². The number of carbonyl (C=O) groups is 1. The molecular weight excluding hydrogens is 396 g/mol. The van der Waals surface area contributed by atoms with Crippen LogP contribution >= 0.6 is 0 Å². The fourth-order valence-electron chi connectivity index (χ4n) is 3.84. The summed E-state index contributed by atoms with van der Waals surface area (Å²) in [6.07, 6.45) is 3.17. The van der Waals surface area contributed by atoms with E-state index in [1.165, 1.54) is 4.90 Å². The lowest BCUT2D eigenvalue weighted by atomic mass is 10.0. The van der Waals surface area contributed by atoms with Gasteiger partial charge in [0.2, 0.25) is 0 Å². The maximum Gasteiger partial charge on any atom is 0.407 e. The van der Waals surface area contributed by atoms with Crippen molar-refractivity contribution in [3.63, 3.8) is 0 Å². The van der Waals surface area contributed by atoms with E-state index in [1.807, 2.05) is 13.1 Å². The number of pyridine rings is 1. The van der Waals surface area contributed by atoms with Gasteiger partial charge in [0, 0.05) is 63.6 Å². The SMILES string of the molecule is C=C(C)c1cn(COCC[Si](C)(C)C)c2cnc(N3CCN(C(=O)O)CC3)c(C)c12. The molecule has 2 aromatic rings. The predicted octanol–water partition coefficient (Wildman–Crippen LogP) is 4.49. The van der Waals surface area contributed by atoms with Crippen molar-refractivity contribution in [3.8, 4) is 0 Å². The van der Waals surface area contributed by atoms with Crippen LogP contribution in [0.5, 0.6) is 0 Å². The Morgan fingerprint density at radius 1 is 1.27 bits per heavy atom. The molecule has 1 N–H and O–H groups in total. The summed E-state index contributed by atoms with van der Waals surface area (Å²) >= 11 is 0. The zero-order valence-corrected chi connectivity index (χ0v) is 19.9. The lowest BCUT2D eigenvalue weighted by Crippen LogP contribution is -2.48. The maximum absolute atomic E-state index is 11.2. The number of hydrogen-bond acceptors (Lipinski definition) is 4. The molecule has 1 saturated heterocycles. The maximum atomic E-state index is 11.2. The highest BCUT2D eigenvalue weighted by molar-refractivity contribution is 6.76. The summed E-state index contributed by atoms with van der Waals surface area (Å²) in [7, 11) is -1.12. The molecule has 0 unspecified atom stereocenters. The van der Waals surface area contributed by atoms with E-state index in [2.05, 4.69) is 48.8 Å². The minimum absolute atomic E-state index is 0.494. The van der Waals surface area contributed by atoms with Crippen molar-refractivity contribution in [1.82, 2.24) is 14.5 Å². The van der Waals surface area contributed by atoms with Crippen molar-refractivity contribution >= 4 is 36.5 Å². The lowest BCUT2D eigenvalue weighted by Gasteiger charge is -2.34. The summed E-state index contributed by atoms with van der Waals surface area (Å²) in [5.74, 6) is 0.924. The van der Waals surface area contributed by atoms with Crippen LogP contribution in [-0.2, 0) is 11.5 Å². The number of fused-ring (bicyclic) bond motifs is 1. The Balaban J connectivity index is 1.86. The van der Waals surface area contributed by atoms with Crippen molar-refractivity contribution in [2.45, 2.75) is 46.3 Å². The first-order chi connectivity index (χ1) is 14.1. The molecule has 0 saturated carbocycles. The van der Waals surface area contributed by atoms with Crippen LogP contribution in [-0.4, -0.2) is 66.5 Å². The normalized spacial score (nSPS) is 15.1. The third-order valence-electron chi connectivity index (χ3n) is 5.68. The van der Waals surface area contributed by atoms with Gasteiger partial charge in [-0.25, -0.2) is 9.78 Å². The molecular formula is C22H34N4O3Si. The van der Waals surface area contributed by atoms with Gasteiger partial charge in [-0.2, -0.15) is 0 Å². The number of nitrogens with zero attached hydrogens (tertiary/aromatic N) is 4. The van der Waals surface area contributed by atoms with E-state index in [-0.39, 0.29) is 0 Å². The molecule has 30 heavy (non-hydrogen) atoms. The van der Waals surface area contributed by atoms with Gasteiger partial charge in [-0.1, -0.05) is 26.2 Å². The molecule has 1 aliphatic rings. The molecule has 2 aromatic heterocycles. The Labute approximate surface area is 180 Å². The molecule has 1 amide bonds. The zero-order chi connectivity index (χ0) is 22.1. The highest BCUT2D eigenvalue weighted by Gasteiger charge is 2.24. The number of amides is 1. The molecule has 0 spiro atoms. The number of ether oxygens (including phenoxy) is 1. The van der Waals surface area contributed by atoms with Gasteiger partial charge in [-0.3, -0.25) is 0 Å². The number of hydrogen-bond donors (Lipinski definition) is 1. The van der Waals surface area contributed by atoms with E-state index in [9.17, 15) is 9.90 Å². The molecule has 164 valence electrons. The monoisotopic (exact) mass is 430 g/mol. The molecule has 0 bridgehead atoms. The number of rotatable bonds is 7. The van der Waals surface area contributed by atoms with Gasteiger partial charge in [-0.15, -0.1) is 0 Å². The molecule has 0 aromatic carbocycles. The van der Waals surface area contributed by atoms with E-state index in [0.29, 0.717) is 32.9 Å². The molecule has 1 fully saturated rings. The van der Waals surface area contributed by atoms with Crippen molar-refractivity contribution in [2.24, 2.45) is 0 Å². The Kier molecular flexibility index (Phi) is 6.57. The molecule has 1 aliphatic heterocycles. The van der Waals surface area contributed by atoms with E-state index in [1.54, 1.807) is 0 Å². The molecule has 3 rings (SSSR count). The number of aryl methyl sites for hydroxylation is 1. The van der Waals surface area contributed by atoms with Crippen LogP contribution in [0.2, 0.25) is 25.7 Å². The van der Waals surface area contributed by atoms with E-state index in [0.717, 1.165) is 46.1 Å². The quantitative estimate of drug-likeness (QED) is 0.518. The van der Waals surface area contributed by atoms with Crippen LogP contribution in [0.25, 0.3) is 16.5 Å². The molecule has 0 atom stereocenters. The first-order valence-corrected chi connectivity index (χ1v) is 14.2. The average Bonchev–Trinajstić information content (AvgIpc) is 3.05. The molecule has 8 heteroatoms. The fourth-order valence-corrected chi connectivity index (χ4v) is 4.59. The van der Waals surface area contributed by atoms with Crippen LogP contribution in [0.15, 0.2) is 19.0 Å². The summed E-state index contributed by atoms with van der Waals surface area (Å²) in [5, 5.41) is 10.3. The number of aromatic nitrogens is 2. The molecule has 7 nitrogen and oxygen atoms in total. The average molecular weight is 431 g/mol. The molecule has 0 aliphatic carbocycles.